The van der Waals surface area contributed by atoms with Crippen LogP contribution in [0.15, 0.2) is 0 Å². The predicted molar refractivity (Wildman–Crippen MR) is 46.3 cm³/mol. The van der Waals surface area contributed by atoms with Crippen molar-refractivity contribution in [1.29, 1.82) is 1.43 Å². The Kier molecular flexibility index (Phi) is 4.90. The van der Waals surface area contributed by atoms with Crippen molar-refractivity contribution in [3.8, 4) is 0 Å². The van der Waals surface area contributed by atoms with Gasteiger partial charge in [0.1, 0.15) is 0 Å². The van der Waals surface area contributed by atoms with Gasteiger partial charge in [-0.2, -0.15) is 0 Å². The highest BCUT2D eigenvalue weighted by Gasteiger charge is 2.19. The van der Waals surface area contributed by atoms with Crippen molar-refractivity contribution in [3.63, 3.8) is 0 Å². The van der Waals surface area contributed by atoms with Crippen LogP contribution in [0.25, 0.3) is 1.43 Å². The lowest BCUT2D eigenvalue weighted by Gasteiger charge is -2.16. The van der Waals surface area contributed by atoms with Gasteiger partial charge in [-0.3, -0.25) is 9.59 Å². The van der Waals surface area contributed by atoms with Crippen LogP contribution in [-0.4, -0.2) is 52.5 Å². The molecule has 14 heavy (non-hydrogen) atoms. The lowest BCUT2D eigenvalue weighted by molar-refractivity contribution is -0.139. The summed E-state index contributed by atoms with van der Waals surface area (Å²) in [6, 6.07) is -1.97. The van der Waals surface area contributed by atoms with Gasteiger partial charge in [-0.1, -0.05) is 0 Å². The highest BCUT2D eigenvalue weighted by atomic mass is 16.4. The number of aliphatic hydroxyl groups excluding tert-OH is 2. The van der Waals surface area contributed by atoms with Crippen molar-refractivity contribution < 1.29 is 24.9 Å². The van der Waals surface area contributed by atoms with Crippen LogP contribution in [-0.2, 0) is 9.59 Å². The first-order valence-corrected chi connectivity index (χ1v) is 3.98. The van der Waals surface area contributed by atoms with E-state index in [1.165, 1.54) is 0 Å². The number of carbonyl (C=O) groups excluding carboxylic acids is 1. The molecule has 0 saturated heterocycles. The standard InChI is InChI=1S/C7H14N2O5/c8-5(1-6(12)13)7(14)9-4(2-10)3-11/h4-5,10-11H,1-3,8H2,(H,9,14)(H,12,13)/t5-/m0/s1/i/hD. The summed E-state index contributed by atoms with van der Waals surface area (Å²) in [5, 5.41) is 23.1. The van der Waals surface area contributed by atoms with E-state index in [2.05, 4.69) is 10.4 Å². The largest absolute Gasteiger partial charge is 0.481 e. The third kappa shape index (κ3) is 4.75. The van der Waals surface area contributed by atoms with E-state index < -0.39 is 43.6 Å². The highest BCUT2D eigenvalue weighted by Crippen LogP contribution is 1.90. The molecule has 82 valence electrons. The summed E-state index contributed by atoms with van der Waals surface area (Å²) in [7, 11) is 0. The first-order valence-electron chi connectivity index (χ1n) is 4.39. The van der Waals surface area contributed by atoms with Crippen LogP contribution >= 0.6 is 0 Å². The van der Waals surface area contributed by atoms with Gasteiger partial charge in [-0.05, 0) is 0 Å². The number of carboxylic acid groups (broad SMARTS) is 1. The Bertz CT molecular complexity index is 221. The third-order valence-corrected chi connectivity index (χ3v) is 1.51. The minimum absolute atomic E-state index is 0.432. The summed E-state index contributed by atoms with van der Waals surface area (Å²) in [6.07, 6.45) is -0.432. The van der Waals surface area contributed by atoms with Gasteiger partial charge in [-0.25, -0.2) is 0 Å². The Labute approximate surface area is 82.0 Å². The van der Waals surface area contributed by atoms with Crippen LogP contribution in [0.2, 0.25) is 0 Å². The number of nitrogens with one attached hydrogen (secondary N) is 1. The number of hydrogen-bond donors (Lipinski definition) is 5. The van der Waals surface area contributed by atoms with Crippen molar-refractivity contribution in [2.45, 2.75) is 18.5 Å². The molecular formula is C7H14N2O5. The molecule has 0 aliphatic heterocycles. The Morgan fingerprint density at radius 2 is 2.00 bits per heavy atom. The molecule has 0 radical (unpaired) electrons. The van der Waals surface area contributed by atoms with Crippen LogP contribution in [0, 0.1) is 0 Å². The molecule has 6 N–H and O–H groups in total. The smallest absolute Gasteiger partial charge is 0.305 e. The lowest BCUT2D eigenvalue weighted by Crippen LogP contribution is -2.48. The van der Waals surface area contributed by atoms with E-state index in [-0.39, 0.29) is 0 Å². The average molecular weight is 207 g/mol. The SMILES string of the molecule is [2H]OC(=O)C[C@H](N)C(=O)NC(CO)CO. The molecule has 0 saturated carbocycles. The second-order valence-corrected chi connectivity index (χ2v) is 2.75. The van der Waals surface area contributed by atoms with E-state index >= 15 is 0 Å². The van der Waals surface area contributed by atoms with E-state index in [0.717, 1.165) is 0 Å². The number of hydrogen-bond acceptors (Lipinski definition) is 6. The number of nitrogens with two attached hydrogens (primary N) is 1. The molecule has 0 aliphatic carbocycles. The highest BCUT2D eigenvalue weighted by molar-refractivity contribution is 5.86. The van der Waals surface area contributed by atoms with E-state index in [4.69, 9.17) is 17.4 Å². The van der Waals surface area contributed by atoms with Gasteiger partial charge in [0.2, 0.25) is 5.91 Å². The van der Waals surface area contributed by atoms with Gasteiger partial charge in [0.25, 0.3) is 1.43 Å². The normalized spacial score (nSPS) is 13.3. The van der Waals surface area contributed by atoms with Gasteiger partial charge in [0.05, 0.1) is 31.7 Å². The van der Waals surface area contributed by atoms with E-state index in [1.807, 2.05) is 0 Å². The van der Waals surface area contributed by atoms with Crippen molar-refractivity contribution in [2.75, 3.05) is 13.2 Å². The zero-order chi connectivity index (χ0) is 11.8. The minimum atomic E-state index is -1.16. The van der Waals surface area contributed by atoms with Crippen LogP contribution in [0.1, 0.15) is 6.42 Å². The number of rotatable bonds is 6. The summed E-state index contributed by atoms with van der Waals surface area (Å²) in [6.45, 7) is -0.865. The first-order chi connectivity index (χ1) is 7.04. The van der Waals surface area contributed by atoms with Crippen LogP contribution in [0.5, 0.6) is 0 Å². The average Bonchev–Trinajstić information content (AvgIpc) is 2.24. The summed E-state index contributed by atoms with van der Waals surface area (Å²) >= 11 is 0. The van der Waals surface area contributed by atoms with E-state index in [9.17, 15) is 9.59 Å². The second-order valence-electron chi connectivity index (χ2n) is 2.75. The fraction of sp³-hybridized carbons (Fsp3) is 0.714. The third-order valence-electron chi connectivity index (χ3n) is 1.51. The fourth-order valence-electron chi connectivity index (χ4n) is 0.730. The Morgan fingerprint density at radius 1 is 1.43 bits per heavy atom. The molecule has 1 atom stereocenters. The molecule has 1 amide bonds. The van der Waals surface area contributed by atoms with Gasteiger partial charge in [-0.15, -0.1) is 0 Å². The Balaban J connectivity index is 4.03. The van der Waals surface area contributed by atoms with Crippen molar-refractivity contribution in [3.05, 3.63) is 0 Å². The molecule has 0 spiro atoms. The fourth-order valence-corrected chi connectivity index (χ4v) is 0.730. The minimum Gasteiger partial charge on any atom is -0.481 e. The molecule has 0 aromatic heterocycles. The van der Waals surface area contributed by atoms with Crippen LogP contribution < -0.4 is 11.1 Å². The van der Waals surface area contributed by atoms with E-state index in [1.54, 1.807) is 0 Å². The maximum absolute atomic E-state index is 11.2. The van der Waals surface area contributed by atoms with Crippen molar-refractivity contribution in [1.82, 2.24) is 5.32 Å². The molecule has 0 bridgehead atoms. The molecule has 0 aromatic carbocycles. The molecular weight excluding hydrogens is 192 g/mol. The van der Waals surface area contributed by atoms with Crippen LogP contribution in [0.4, 0.5) is 0 Å². The number of amides is 1. The maximum Gasteiger partial charge on any atom is 0.305 e. The Hall–Kier alpha value is -1.18. The zero-order valence-corrected chi connectivity index (χ0v) is 7.47. The molecule has 7 heteroatoms. The number of aliphatic hydroxyl groups is 2. The second kappa shape index (κ2) is 6.30. The molecule has 0 aromatic rings. The van der Waals surface area contributed by atoms with Gasteiger partial charge < -0.3 is 26.4 Å². The summed E-state index contributed by atoms with van der Waals surface area (Å²) in [5.74, 6) is -1.63. The van der Waals surface area contributed by atoms with Crippen molar-refractivity contribution in [2.24, 2.45) is 5.73 Å². The van der Waals surface area contributed by atoms with Gasteiger partial charge in [0, 0.05) is 0 Å². The quantitative estimate of drug-likeness (QED) is 0.321. The number of carboxylic acids is 1. The molecule has 0 fully saturated rings. The molecule has 0 unspecified atom stereocenters. The molecule has 7 nitrogen and oxygen atoms in total. The molecule has 0 heterocycles. The number of aliphatic carboxylic acids is 1. The summed E-state index contributed by atoms with van der Waals surface area (Å²) in [4.78, 5) is 21.8. The first kappa shape index (κ1) is 10.9. The van der Waals surface area contributed by atoms with E-state index in [0.29, 0.717) is 0 Å². The van der Waals surface area contributed by atoms with Crippen molar-refractivity contribution >= 4 is 11.9 Å². The lowest BCUT2D eigenvalue weighted by atomic mass is 10.2. The summed E-state index contributed by atoms with van der Waals surface area (Å²) < 4.78 is 6.24. The topological polar surface area (TPSA) is 133 Å². The zero-order valence-electron chi connectivity index (χ0n) is 8.47. The molecule has 0 rings (SSSR count). The van der Waals surface area contributed by atoms with Crippen LogP contribution in [0.3, 0.4) is 0 Å². The summed E-state index contributed by atoms with van der Waals surface area (Å²) in [5.41, 5.74) is 5.29. The Morgan fingerprint density at radius 3 is 2.43 bits per heavy atom. The predicted octanol–water partition coefficient (Wildman–Crippen LogP) is -2.74. The van der Waals surface area contributed by atoms with Gasteiger partial charge in [0.15, 0.2) is 0 Å². The maximum atomic E-state index is 11.2. The monoisotopic (exact) mass is 207 g/mol. The van der Waals surface area contributed by atoms with Gasteiger partial charge >= 0.3 is 5.97 Å². The number of carbonyl (C=O) groups is 2. The molecule has 0 aliphatic rings.